The Bertz CT molecular complexity index is 293. The Labute approximate surface area is 95.3 Å². The third kappa shape index (κ3) is 2.52. The van der Waals surface area contributed by atoms with Gasteiger partial charge in [-0.2, -0.15) is 0 Å². The second kappa shape index (κ2) is 4.82. The maximum Gasteiger partial charge on any atom is 0.224 e. The molecule has 5 nitrogen and oxygen atoms in total. The van der Waals surface area contributed by atoms with Crippen molar-refractivity contribution >= 4 is 11.8 Å². The fraction of sp³-hybridized carbons (Fsp3) is 0.818. The largest absolute Gasteiger partial charge is 0.354 e. The molecule has 3 unspecified atom stereocenters. The van der Waals surface area contributed by atoms with E-state index in [9.17, 15) is 9.59 Å². The van der Waals surface area contributed by atoms with Crippen LogP contribution in [0.15, 0.2) is 0 Å². The fourth-order valence-electron chi connectivity index (χ4n) is 2.40. The van der Waals surface area contributed by atoms with Crippen LogP contribution in [0.2, 0.25) is 0 Å². The summed E-state index contributed by atoms with van der Waals surface area (Å²) in [7, 11) is 0. The smallest absolute Gasteiger partial charge is 0.224 e. The lowest BCUT2D eigenvalue weighted by Gasteiger charge is -2.17. The summed E-state index contributed by atoms with van der Waals surface area (Å²) in [4.78, 5) is 22.8. The summed E-state index contributed by atoms with van der Waals surface area (Å²) in [6.07, 6.45) is 2.32. The van der Waals surface area contributed by atoms with Crippen LogP contribution in [0.5, 0.6) is 0 Å². The Morgan fingerprint density at radius 3 is 2.88 bits per heavy atom. The minimum absolute atomic E-state index is 0.0807. The number of carbonyl (C=O) groups is 2. The third-order valence-electron chi connectivity index (χ3n) is 3.47. The molecule has 0 aliphatic carbocycles. The molecule has 3 N–H and O–H groups in total. The van der Waals surface area contributed by atoms with E-state index < -0.39 is 0 Å². The maximum atomic E-state index is 11.8. The molecule has 0 radical (unpaired) electrons. The first kappa shape index (κ1) is 11.4. The maximum absolute atomic E-state index is 11.8. The third-order valence-corrected chi connectivity index (χ3v) is 3.47. The van der Waals surface area contributed by atoms with Gasteiger partial charge < -0.3 is 16.0 Å². The van der Waals surface area contributed by atoms with Gasteiger partial charge in [-0.3, -0.25) is 9.59 Å². The summed E-state index contributed by atoms with van der Waals surface area (Å²) in [5.74, 6) is 0.283. The lowest BCUT2D eigenvalue weighted by Crippen LogP contribution is -2.43. The highest BCUT2D eigenvalue weighted by Crippen LogP contribution is 2.15. The summed E-state index contributed by atoms with van der Waals surface area (Å²) in [6, 6.07) is 0.388. The SMILES string of the molecule is CC1NCCC1C(=O)NCC1CCC(=O)N1. The number of amides is 2. The number of hydrogen-bond donors (Lipinski definition) is 3. The van der Waals surface area contributed by atoms with Gasteiger partial charge in [0.05, 0.1) is 5.92 Å². The molecule has 0 bridgehead atoms. The van der Waals surface area contributed by atoms with E-state index in [1.165, 1.54) is 0 Å². The van der Waals surface area contributed by atoms with Crippen LogP contribution in [-0.4, -0.2) is 37.0 Å². The molecule has 5 heteroatoms. The van der Waals surface area contributed by atoms with Crippen molar-refractivity contribution in [3.8, 4) is 0 Å². The highest BCUT2D eigenvalue weighted by Gasteiger charge is 2.30. The number of hydrogen-bond acceptors (Lipinski definition) is 3. The fourth-order valence-corrected chi connectivity index (χ4v) is 2.40. The van der Waals surface area contributed by atoms with E-state index in [0.29, 0.717) is 13.0 Å². The lowest BCUT2D eigenvalue weighted by atomic mass is 10.0. The summed E-state index contributed by atoms with van der Waals surface area (Å²) in [5.41, 5.74) is 0. The Balaban J connectivity index is 1.73. The van der Waals surface area contributed by atoms with Gasteiger partial charge in [-0.15, -0.1) is 0 Å². The normalized spacial score (nSPS) is 33.8. The van der Waals surface area contributed by atoms with Gasteiger partial charge in [-0.1, -0.05) is 0 Å². The monoisotopic (exact) mass is 225 g/mol. The first-order chi connectivity index (χ1) is 7.66. The molecule has 16 heavy (non-hydrogen) atoms. The molecule has 2 fully saturated rings. The van der Waals surface area contributed by atoms with Crippen LogP contribution >= 0.6 is 0 Å². The summed E-state index contributed by atoms with van der Waals surface area (Å²) in [5, 5.41) is 9.02. The van der Waals surface area contributed by atoms with E-state index in [1.54, 1.807) is 0 Å². The molecule has 2 aliphatic heterocycles. The van der Waals surface area contributed by atoms with Crippen molar-refractivity contribution in [2.75, 3.05) is 13.1 Å². The first-order valence-corrected chi connectivity index (χ1v) is 5.97. The predicted molar refractivity (Wildman–Crippen MR) is 59.7 cm³/mol. The topological polar surface area (TPSA) is 70.2 Å². The molecular weight excluding hydrogens is 206 g/mol. The molecule has 0 aromatic rings. The molecule has 2 heterocycles. The van der Waals surface area contributed by atoms with Gasteiger partial charge in [0.1, 0.15) is 0 Å². The minimum atomic E-state index is 0.0807. The molecular formula is C11H19N3O2. The van der Waals surface area contributed by atoms with E-state index >= 15 is 0 Å². The van der Waals surface area contributed by atoms with Gasteiger partial charge in [-0.25, -0.2) is 0 Å². The quantitative estimate of drug-likeness (QED) is 0.599. The Kier molecular flexibility index (Phi) is 3.43. The van der Waals surface area contributed by atoms with Crippen molar-refractivity contribution in [2.45, 2.75) is 38.3 Å². The molecule has 2 amide bonds. The van der Waals surface area contributed by atoms with Crippen LogP contribution in [0, 0.1) is 5.92 Å². The number of carbonyl (C=O) groups excluding carboxylic acids is 2. The molecule has 90 valence electrons. The minimum Gasteiger partial charge on any atom is -0.354 e. The van der Waals surface area contributed by atoms with Crippen molar-refractivity contribution in [3.05, 3.63) is 0 Å². The van der Waals surface area contributed by atoms with E-state index in [-0.39, 0.29) is 29.8 Å². The van der Waals surface area contributed by atoms with Gasteiger partial charge in [0.2, 0.25) is 11.8 Å². The van der Waals surface area contributed by atoms with Crippen molar-refractivity contribution in [1.29, 1.82) is 0 Å². The molecule has 0 aromatic heterocycles. The summed E-state index contributed by atoms with van der Waals surface area (Å²) in [6.45, 7) is 3.52. The van der Waals surface area contributed by atoms with Gasteiger partial charge >= 0.3 is 0 Å². The van der Waals surface area contributed by atoms with Gasteiger partial charge in [0.25, 0.3) is 0 Å². The number of nitrogens with one attached hydrogen (secondary N) is 3. The Morgan fingerprint density at radius 1 is 1.50 bits per heavy atom. The first-order valence-electron chi connectivity index (χ1n) is 5.97. The molecule has 2 saturated heterocycles. The van der Waals surface area contributed by atoms with Crippen LogP contribution in [0.4, 0.5) is 0 Å². The van der Waals surface area contributed by atoms with Crippen molar-refractivity contribution < 1.29 is 9.59 Å². The van der Waals surface area contributed by atoms with Gasteiger partial charge in [-0.05, 0) is 26.3 Å². The zero-order chi connectivity index (χ0) is 11.5. The van der Waals surface area contributed by atoms with Gasteiger partial charge in [0.15, 0.2) is 0 Å². The second-order valence-electron chi connectivity index (χ2n) is 4.69. The van der Waals surface area contributed by atoms with Crippen LogP contribution in [0.3, 0.4) is 0 Å². The van der Waals surface area contributed by atoms with Gasteiger partial charge in [0, 0.05) is 25.0 Å². The average Bonchev–Trinajstić information content (AvgIpc) is 2.84. The van der Waals surface area contributed by atoms with Crippen molar-refractivity contribution in [3.63, 3.8) is 0 Å². The number of rotatable bonds is 3. The molecule has 0 saturated carbocycles. The molecule has 2 rings (SSSR count). The van der Waals surface area contributed by atoms with E-state index in [4.69, 9.17) is 0 Å². The van der Waals surface area contributed by atoms with Crippen molar-refractivity contribution in [1.82, 2.24) is 16.0 Å². The predicted octanol–water partition coefficient (Wildman–Crippen LogP) is -0.621. The van der Waals surface area contributed by atoms with Crippen LogP contribution in [0.25, 0.3) is 0 Å². The average molecular weight is 225 g/mol. The van der Waals surface area contributed by atoms with Crippen molar-refractivity contribution in [2.24, 2.45) is 5.92 Å². The zero-order valence-electron chi connectivity index (χ0n) is 9.58. The second-order valence-corrected chi connectivity index (χ2v) is 4.69. The molecule has 2 aliphatic rings. The standard InChI is InChI=1S/C11H19N3O2/c1-7-9(4-5-12-7)11(16)13-6-8-2-3-10(15)14-8/h7-9,12H,2-6H2,1H3,(H,13,16)(H,14,15). The lowest BCUT2D eigenvalue weighted by molar-refractivity contribution is -0.125. The molecule has 3 atom stereocenters. The molecule has 0 aromatic carbocycles. The van der Waals surface area contributed by atoms with Crippen LogP contribution in [-0.2, 0) is 9.59 Å². The van der Waals surface area contributed by atoms with E-state index in [2.05, 4.69) is 16.0 Å². The van der Waals surface area contributed by atoms with Crippen LogP contribution < -0.4 is 16.0 Å². The highest BCUT2D eigenvalue weighted by molar-refractivity contribution is 5.80. The zero-order valence-corrected chi connectivity index (χ0v) is 9.58. The van der Waals surface area contributed by atoms with Crippen LogP contribution in [0.1, 0.15) is 26.2 Å². The highest BCUT2D eigenvalue weighted by atomic mass is 16.2. The molecule has 0 spiro atoms. The Morgan fingerprint density at radius 2 is 2.31 bits per heavy atom. The van der Waals surface area contributed by atoms with E-state index in [0.717, 1.165) is 19.4 Å². The summed E-state index contributed by atoms with van der Waals surface area (Å²) >= 11 is 0. The Hall–Kier alpha value is -1.10. The van der Waals surface area contributed by atoms with E-state index in [1.807, 2.05) is 6.92 Å². The summed E-state index contributed by atoms with van der Waals surface area (Å²) < 4.78 is 0.